The molecule has 2 rings (SSSR count). The molecular formula is C20H22F2N2O3. The first-order chi connectivity index (χ1) is 12.9. The number of halogens is 2. The third-order valence-corrected chi connectivity index (χ3v) is 4.17. The molecule has 0 saturated heterocycles. The van der Waals surface area contributed by atoms with Crippen molar-refractivity contribution in [3.8, 4) is 5.75 Å². The van der Waals surface area contributed by atoms with Gasteiger partial charge in [-0.15, -0.1) is 0 Å². The number of rotatable bonds is 8. The Balaban J connectivity index is 2.07. The number of benzene rings is 2. The van der Waals surface area contributed by atoms with Crippen LogP contribution in [0.4, 0.5) is 14.5 Å². The van der Waals surface area contributed by atoms with Gasteiger partial charge < -0.3 is 15.4 Å². The maximum atomic E-state index is 12.7. The van der Waals surface area contributed by atoms with Crippen molar-refractivity contribution in [1.29, 1.82) is 0 Å². The molecule has 2 aromatic rings. The smallest absolute Gasteiger partial charge is 0.387 e. The molecule has 0 radical (unpaired) electrons. The van der Waals surface area contributed by atoms with Crippen molar-refractivity contribution in [3.63, 3.8) is 0 Å². The van der Waals surface area contributed by atoms with E-state index in [-0.39, 0.29) is 23.5 Å². The first-order valence-corrected chi connectivity index (χ1v) is 8.62. The standard InChI is InChI=1S/C20H22F2N2O3/c1-3-13(2)17(24-18(25)14-7-5-4-6-8-14)19(26)23-15-9-11-16(12-10-15)27-20(21)22/h4-13,17,20H,3H2,1-2H3,(H,23,26)(H,24,25)/t13-,17-/m0/s1. The number of amides is 2. The number of carbonyl (C=O) groups is 2. The molecule has 2 N–H and O–H groups in total. The summed E-state index contributed by atoms with van der Waals surface area (Å²) in [6, 6.07) is 13.5. The molecule has 0 aliphatic carbocycles. The van der Waals surface area contributed by atoms with E-state index in [1.807, 2.05) is 13.8 Å². The van der Waals surface area contributed by atoms with E-state index in [1.165, 1.54) is 24.3 Å². The third kappa shape index (κ3) is 6.06. The summed E-state index contributed by atoms with van der Waals surface area (Å²) < 4.78 is 28.7. The zero-order chi connectivity index (χ0) is 19.8. The zero-order valence-corrected chi connectivity index (χ0v) is 15.1. The Morgan fingerprint density at radius 1 is 1.04 bits per heavy atom. The predicted octanol–water partition coefficient (Wildman–Crippen LogP) is 4.07. The molecule has 2 atom stereocenters. The van der Waals surface area contributed by atoms with Gasteiger partial charge >= 0.3 is 6.61 Å². The zero-order valence-electron chi connectivity index (χ0n) is 15.1. The molecule has 0 aliphatic heterocycles. The largest absolute Gasteiger partial charge is 0.435 e. The van der Waals surface area contributed by atoms with Gasteiger partial charge in [0.2, 0.25) is 5.91 Å². The van der Waals surface area contributed by atoms with Crippen molar-refractivity contribution in [2.75, 3.05) is 5.32 Å². The van der Waals surface area contributed by atoms with E-state index >= 15 is 0 Å². The Bertz CT molecular complexity index is 752. The highest BCUT2D eigenvalue weighted by Gasteiger charge is 2.26. The Kier molecular flexibility index (Phi) is 7.28. The molecule has 0 aliphatic rings. The molecule has 0 spiro atoms. The summed E-state index contributed by atoms with van der Waals surface area (Å²) in [4.78, 5) is 25.1. The molecule has 7 heteroatoms. The van der Waals surface area contributed by atoms with E-state index in [1.54, 1.807) is 30.3 Å². The molecule has 2 amide bonds. The third-order valence-electron chi connectivity index (χ3n) is 4.17. The lowest BCUT2D eigenvalue weighted by atomic mass is 9.97. The summed E-state index contributed by atoms with van der Waals surface area (Å²) in [5, 5.41) is 5.46. The second-order valence-electron chi connectivity index (χ2n) is 6.09. The fraction of sp³-hybridized carbons (Fsp3) is 0.300. The minimum absolute atomic E-state index is 0.00106. The Morgan fingerprint density at radius 2 is 1.67 bits per heavy atom. The second-order valence-corrected chi connectivity index (χ2v) is 6.09. The van der Waals surface area contributed by atoms with Gasteiger partial charge in [-0.2, -0.15) is 8.78 Å². The lowest BCUT2D eigenvalue weighted by molar-refractivity contribution is -0.119. The SMILES string of the molecule is CC[C@H](C)[C@H](NC(=O)c1ccccc1)C(=O)Nc1ccc(OC(F)F)cc1. The Labute approximate surface area is 156 Å². The van der Waals surface area contributed by atoms with E-state index < -0.39 is 12.7 Å². The number of carbonyl (C=O) groups excluding carboxylic acids is 2. The lowest BCUT2D eigenvalue weighted by Gasteiger charge is -2.23. The first-order valence-electron chi connectivity index (χ1n) is 8.62. The van der Waals surface area contributed by atoms with Gasteiger partial charge in [0.1, 0.15) is 11.8 Å². The molecule has 2 aromatic carbocycles. The lowest BCUT2D eigenvalue weighted by Crippen LogP contribution is -2.47. The Hall–Kier alpha value is -2.96. The summed E-state index contributed by atoms with van der Waals surface area (Å²) in [5.74, 6) is -0.814. The highest BCUT2D eigenvalue weighted by Crippen LogP contribution is 2.19. The van der Waals surface area contributed by atoms with Crippen LogP contribution in [0.15, 0.2) is 54.6 Å². The van der Waals surface area contributed by atoms with E-state index in [0.29, 0.717) is 17.7 Å². The summed E-state index contributed by atoms with van der Waals surface area (Å²) in [6.07, 6.45) is 0.689. The molecule has 5 nitrogen and oxygen atoms in total. The van der Waals surface area contributed by atoms with E-state index in [4.69, 9.17) is 0 Å². The monoisotopic (exact) mass is 376 g/mol. The first kappa shape index (κ1) is 20.4. The van der Waals surface area contributed by atoms with Gasteiger partial charge in [-0.3, -0.25) is 9.59 Å². The molecule has 27 heavy (non-hydrogen) atoms. The van der Waals surface area contributed by atoms with Crippen LogP contribution in [0.2, 0.25) is 0 Å². The molecule has 0 unspecified atom stereocenters. The Morgan fingerprint density at radius 3 is 2.22 bits per heavy atom. The van der Waals surface area contributed by atoms with Crippen LogP contribution in [0.5, 0.6) is 5.75 Å². The van der Waals surface area contributed by atoms with Crippen molar-refractivity contribution in [3.05, 3.63) is 60.2 Å². The molecule has 0 aromatic heterocycles. The van der Waals surface area contributed by atoms with Gasteiger partial charge in [-0.1, -0.05) is 38.5 Å². The minimum atomic E-state index is -2.91. The number of nitrogens with one attached hydrogen (secondary N) is 2. The van der Waals surface area contributed by atoms with Crippen LogP contribution in [0.3, 0.4) is 0 Å². The summed E-state index contributed by atoms with van der Waals surface area (Å²) in [7, 11) is 0. The molecule has 0 heterocycles. The van der Waals surface area contributed by atoms with E-state index in [0.717, 1.165) is 0 Å². The normalized spacial score (nSPS) is 12.9. The number of alkyl halides is 2. The maximum Gasteiger partial charge on any atom is 0.387 e. The molecular weight excluding hydrogens is 354 g/mol. The van der Waals surface area contributed by atoms with Crippen molar-refractivity contribution >= 4 is 17.5 Å². The van der Waals surface area contributed by atoms with Crippen molar-refractivity contribution in [1.82, 2.24) is 5.32 Å². The van der Waals surface area contributed by atoms with Crippen LogP contribution in [0, 0.1) is 5.92 Å². The highest BCUT2D eigenvalue weighted by molar-refractivity contribution is 6.01. The van der Waals surface area contributed by atoms with Gasteiger partial charge in [0.15, 0.2) is 0 Å². The van der Waals surface area contributed by atoms with Crippen molar-refractivity contribution in [2.24, 2.45) is 5.92 Å². The van der Waals surface area contributed by atoms with E-state index in [2.05, 4.69) is 15.4 Å². The average Bonchev–Trinajstić information content (AvgIpc) is 2.67. The number of hydrogen-bond acceptors (Lipinski definition) is 3. The topological polar surface area (TPSA) is 67.4 Å². The van der Waals surface area contributed by atoms with Gasteiger partial charge in [-0.05, 0) is 42.3 Å². The van der Waals surface area contributed by atoms with Gasteiger partial charge in [-0.25, -0.2) is 0 Å². The summed E-state index contributed by atoms with van der Waals surface area (Å²) in [5.41, 5.74) is 0.885. The number of ether oxygens (including phenoxy) is 1. The average molecular weight is 376 g/mol. The summed E-state index contributed by atoms with van der Waals surface area (Å²) in [6.45, 7) is 0.888. The number of anilines is 1. The van der Waals surface area contributed by atoms with Crippen LogP contribution in [0.25, 0.3) is 0 Å². The van der Waals surface area contributed by atoms with Gasteiger partial charge in [0.05, 0.1) is 0 Å². The maximum absolute atomic E-state index is 12.7. The predicted molar refractivity (Wildman–Crippen MR) is 98.9 cm³/mol. The van der Waals surface area contributed by atoms with Crippen molar-refractivity contribution in [2.45, 2.75) is 32.9 Å². The molecule has 0 fully saturated rings. The second kappa shape index (κ2) is 9.66. The fourth-order valence-electron chi connectivity index (χ4n) is 2.46. The highest BCUT2D eigenvalue weighted by atomic mass is 19.3. The quantitative estimate of drug-likeness (QED) is 0.730. The summed E-state index contributed by atoms with van der Waals surface area (Å²) >= 11 is 0. The number of hydrogen-bond donors (Lipinski definition) is 2. The van der Waals surface area contributed by atoms with Crippen LogP contribution in [0.1, 0.15) is 30.6 Å². The minimum Gasteiger partial charge on any atom is -0.435 e. The van der Waals surface area contributed by atoms with Crippen LogP contribution >= 0.6 is 0 Å². The molecule has 0 bridgehead atoms. The van der Waals surface area contributed by atoms with Crippen LogP contribution in [-0.4, -0.2) is 24.5 Å². The molecule has 0 saturated carbocycles. The fourth-order valence-corrected chi connectivity index (χ4v) is 2.46. The van der Waals surface area contributed by atoms with E-state index in [9.17, 15) is 18.4 Å². The van der Waals surface area contributed by atoms with Gasteiger partial charge in [0, 0.05) is 11.3 Å². The van der Waals surface area contributed by atoms with Crippen LogP contribution < -0.4 is 15.4 Å². The van der Waals surface area contributed by atoms with Crippen molar-refractivity contribution < 1.29 is 23.1 Å². The molecule has 144 valence electrons. The van der Waals surface area contributed by atoms with Gasteiger partial charge in [0.25, 0.3) is 5.91 Å². The van der Waals surface area contributed by atoms with Crippen LogP contribution in [-0.2, 0) is 4.79 Å².